The lowest BCUT2D eigenvalue weighted by molar-refractivity contribution is -0.139. The van der Waals surface area contributed by atoms with E-state index < -0.39 is 5.54 Å². The molecule has 0 spiro atoms. The number of nitrogens with zero attached hydrogens (tertiary/aromatic N) is 2. The van der Waals surface area contributed by atoms with Crippen molar-refractivity contribution in [3.63, 3.8) is 0 Å². The van der Waals surface area contributed by atoms with Gasteiger partial charge >= 0.3 is 0 Å². The van der Waals surface area contributed by atoms with Gasteiger partial charge in [-0.2, -0.15) is 0 Å². The Balaban J connectivity index is 2.75. The lowest BCUT2D eigenvalue weighted by Crippen LogP contribution is -2.61. The third-order valence-corrected chi connectivity index (χ3v) is 3.04. The molecule has 1 aliphatic rings. The summed E-state index contributed by atoms with van der Waals surface area (Å²) in [5.74, 6) is 0.0231. The number of hydrogen-bond donors (Lipinski definition) is 1. The molecule has 2 unspecified atom stereocenters. The molecule has 1 aliphatic heterocycles. The van der Waals surface area contributed by atoms with Gasteiger partial charge in [-0.05, 0) is 33.9 Å². The summed E-state index contributed by atoms with van der Waals surface area (Å²) in [5.41, 5.74) is 5.06. The summed E-state index contributed by atoms with van der Waals surface area (Å²) < 4.78 is 0. The maximum absolute atomic E-state index is 12.1. The average Bonchev–Trinajstić information content (AvgIpc) is 2.14. The molecule has 0 bridgehead atoms. The number of piperazine rings is 1. The monoisotopic (exact) mass is 225 g/mol. The van der Waals surface area contributed by atoms with Crippen LogP contribution in [0.15, 0.2) is 12.8 Å². The molecule has 4 heteroatoms. The highest BCUT2D eigenvalue weighted by Crippen LogP contribution is 2.18. The number of carbonyl (C=O) groups is 1. The van der Waals surface area contributed by atoms with E-state index in [9.17, 15) is 4.79 Å². The van der Waals surface area contributed by atoms with Crippen molar-refractivity contribution in [3.8, 4) is 0 Å². The van der Waals surface area contributed by atoms with Gasteiger partial charge in [-0.1, -0.05) is 6.58 Å². The number of nitrogens with two attached hydrogens (primary N) is 1. The van der Waals surface area contributed by atoms with Gasteiger partial charge in [0, 0.05) is 25.2 Å². The Morgan fingerprint density at radius 3 is 2.12 bits per heavy atom. The summed E-state index contributed by atoms with van der Waals surface area (Å²) in [5, 5.41) is 0. The first kappa shape index (κ1) is 13.0. The highest BCUT2D eigenvalue weighted by Gasteiger charge is 2.34. The zero-order valence-corrected chi connectivity index (χ0v) is 10.7. The van der Waals surface area contributed by atoms with Gasteiger partial charge in [0.25, 0.3) is 0 Å². The predicted octanol–water partition coefficient (Wildman–Crippen LogP) is 0.788. The number of carbonyl (C=O) groups excluding carboxylic acids is 1. The molecule has 1 rings (SSSR count). The zero-order valence-electron chi connectivity index (χ0n) is 10.7. The first-order valence-corrected chi connectivity index (χ1v) is 5.75. The van der Waals surface area contributed by atoms with E-state index in [1.807, 2.05) is 11.1 Å². The van der Waals surface area contributed by atoms with Gasteiger partial charge in [-0.25, -0.2) is 0 Å². The Morgan fingerprint density at radius 2 is 1.81 bits per heavy atom. The van der Waals surface area contributed by atoms with Gasteiger partial charge in [-0.3, -0.25) is 4.79 Å². The second-order valence-electron chi connectivity index (χ2n) is 5.26. The van der Waals surface area contributed by atoms with Crippen LogP contribution in [-0.2, 0) is 4.79 Å². The number of hydrogen-bond acceptors (Lipinski definition) is 3. The van der Waals surface area contributed by atoms with Gasteiger partial charge in [0.15, 0.2) is 0 Å². The van der Waals surface area contributed by atoms with E-state index in [1.54, 1.807) is 13.8 Å². The molecule has 1 amide bonds. The molecule has 2 atom stereocenters. The SMILES string of the molecule is C=CN1C(C)CN(C(=O)C(C)(C)N)CC1C. The fraction of sp³-hybridized carbons (Fsp3) is 0.750. The molecular formula is C12H23N3O. The van der Waals surface area contributed by atoms with Crippen LogP contribution in [-0.4, -0.2) is 46.4 Å². The molecule has 0 aromatic rings. The molecular weight excluding hydrogens is 202 g/mol. The van der Waals surface area contributed by atoms with Crippen LogP contribution in [0.5, 0.6) is 0 Å². The second-order valence-corrected chi connectivity index (χ2v) is 5.26. The zero-order chi connectivity index (χ0) is 12.5. The molecule has 1 heterocycles. The van der Waals surface area contributed by atoms with E-state index in [4.69, 9.17) is 5.73 Å². The Hall–Kier alpha value is -1.03. The molecule has 0 radical (unpaired) electrons. The second kappa shape index (κ2) is 4.45. The van der Waals surface area contributed by atoms with E-state index in [2.05, 4.69) is 25.3 Å². The molecule has 4 nitrogen and oxygen atoms in total. The summed E-state index contributed by atoms with van der Waals surface area (Å²) in [6.45, 7) is 12.9. The van der Waals surface area contributed by atoms with Crippen molar-refractivity contribution in [2.45, 2.75) is 45.3 Å². The highest BCUT2D eigenvalue weighted by atomic mass is 16.2. The van der Waals surface area contributed by atoms with Crippen LogP contribution >= 0.6 is 0 Å². The largest absolute Gasteiger partial charge is 0.369 e. The average molecular weight is 225 g/mol. The molecule has 1 saturated heterocycles. The smallest absolute Gasteiger partial charge is 0.242 e. The molecule has 2 N–H and O–H groups in total. The summed E-state index contributed by atoms with van der Waals surface area (Å²) in [4.78, 5) is 16.1. The van der Waals surface area contributed by atoms with Crippen molar-refractivity contribution in [1.29, 1.82) is 0 Å². The van der Waals surface area contributed by atoms with Gasteiger partial charge < -0.3 is 15.5 Å². The molecule has 0 saturated carbocycles. The van der Waals surface area contributed by atoms with Gasteiger partial charge in [-0.15, -0.1) is 0 Å². The quantitative estimate of drug-likeness (QED) is 0.756. The van der Waals surface area contributed by atoms with Gasteiger partial charge in [0.05, 0.1) is 5.54 Å². The third kappa shape index (κ3) is 2.55. The Labute approximate surface area is 98.1 Å². The van der Waals surface area contributed by atoms with Crippen LogP contribution in [0.1, 0.15) is 27.7 Å². The normalized spacial score (nSPS) is 26.8. The highest BCUT2D eigenvalue weighted by molar-refractivity contribution is 5.85. The van der Waals surface area contributed by atoms with Crippen molar-refractivity contribution in [2.24, 2.45) is 5.73 Å². The summed E-state index contributed by atoms with van der Waals surface area (Å²) in [7, 11) is 0. The lowest BCUT2D eigenvalue weighted by atomic mass is 10.0. The van der Waals surface area contributed by atoms with E-state index >= 15 is 0 Å². The summed E-state index contributed by atoms with van der Waals surface area (Å²) in [6, 6.07) is 0.597. The van der Waals surface area contributed by atoms with Gasteiger partial charge in [0.1, 0.15) is 0 Å². The van der Waals surface area contributed by atoms with E-state index in [-0.39, 0.29) is 5.91 Å². The molecule has 0 aromatic carbocycles. The molecule has 0 aliphatic carbocycles. The van der Waals surface area contributed by atoms with Crippen LogP contribution in [0, 0.1) is 0 Å². The first-order valence-electron chi connectivity index (χ1n) is 5.75. The minimum Gasteiger partial charge on any atom is -0.369 e. The maximum Gasteiger partial charge on any atom is 0.242 e. The van der Waals surface area contributed by atoms with Crippen molar-refractivity contribution in [2.75, 3.05) is 13.1 Å². The molecule has 16 heavy (non-hydrogen) atoms. The molecule has 92 valence electrons. The van der Waals surface area contributed by atoms with Crippen molar-refractivity contribution in [1.82, 2.24) is 9.80 Å². The number of amides is 1. The van der Waals surface area contributed by atoms with Crippen LogP contribution in [0.3, 0.4) is 0 Å². The van der Waals surface area contributed by atoms with E-state index in [0.717, 1.165) is 13.1 Å². The van der Waals surface area contributed by atoms with Crippen LogP contribution < -0.4 is 5.73 Å². The standard InChI is InChI=1S/C12H23N3O/c1-6-15-9(2)7-14(8-10(15)3)11(16)12(4,5)13/h6,9-10H,1,7-8,13H2,2-5H3. The van der Waals surface area contributed by atoms with Crippen LogP contribution in [0.4, 0.5) is 0 Å². The number of rotatable bonds is 2. The minimum absolute atomic E-state index is 0.0231. The lowest BCUT2D eigenvalue weighted by Gasteiger charge is -2.45. The Morgan fingerprint density at radius 1 is 1.38 bits per heavy atom. The van der Waals surface area contributed by atoms with Crippen LogP contribution in [0.2, 0.25) is 0 Å². The van der Waals surface area contributed by atoms with Crippen molar-refractivity contribution < 1.29 is 4.79 Å². The summed E-state index contributed by atoms with van der Waals surface area (Å²) >= 11 is 0. The van der Waals surface area contributed by atoms with Crippen LogP contribution in [0.25, 0.3) is 0 Å². The first-order chi connectivity index (χ1) is 7.27. The summed E-state index contributed by atoms with van der Waals surface area (Å²) in [6.07, 6.45) is 1.85. The minimum atomic E-state index is -0.782. The van der Waals surface area contributed by atoms with E-state index in [0.29, 0.717) is 12.1 Å². The Bertz CT molecular complexity index is 270. The molecule has 0 aromatic heterocycles. The Kier molecular flexibility index (Phi) is 3.63. The fourth-order valence-corrected chi connectivity index (χ4v) is 2.27. The third-order valence-electron chi connectivity index (χ3n) is 3.04. The van der Waals surface area contributed by atoms with Gasteiger partial charge in [0.2, 0.25) is 5.91 Å². The predicted molar refractivity (Wildman–Crippen MR) is 65.8 cm³/mol. The molecule has 1 fully saturated rings. The topological polar surface area (TPSA) is 49.6 Å². The van der Waals surface area contributed by atoms with Crippen molar-refractivity contribution >= 4 is 5.91 Å². The van der Waals surface area contributed by atoms with E-state index in [1.165, 1.54) is 0 Å². The fourth-order valence-electron chi connectivity index (χ4n) is 2.27. The van der Waals surface area contributed by atoms with Crippen molar-refractivity contribution in [3.05, 3.63) is 12.8 Å². The maximum atomic E-state index is 12.1.